The number of benzene rings is 1. The number of sulfonamides is 1. The zero-order chi connectivity index (χ0) is 21.5. The lowest BCUT2D eigenvalue weighted by Gasteiger charge is -2.16. The van der Waals surface area contributed by atoms with E-state index in [1.165, 1.54) is 42.8 Å². The topological polar surface area (TPSA) is 79.4 Å². The molecule has 3 rings (SSSR count). The zero-order valence-corrected chi connectivity index (χ0v) is 19.7. The normalized spacial score (nSPS) is 11.8. The van der Waals surface area contributed by atoms with Gasteiger partial charge >= 0.3 is 0 Å². The lowest BCUT2D eigenvalue weighted by atomic mass is 10.1. The van der Waals surface area contributed by atoms with Crippen LogP contribution >= 0.6 is 34.3 Å². The number of hydrogen-bond acceptors (Lipinski definition) is 6. The van der Waals surface area contributed by atoms with Gasteiger partial charge in [-0.25, -0.2) is 17.7 Å². The van der Waals surface area contributed by atoms with Crippen molar-refractivity contribution in [3.05, 3.63) is 50.3 Å². The summed E-state index contributed by atoms with van der Waals surface area (Å²) in [5.41, 5.74) is 2.66. The van der Waals surface area contributed by atoms with Crippen LogP contribution in [0.4, 0.5) is 5.69 Å². The summed E-state index contributed by atoms with van der Waals surface area (Å²) in [6.45, 7) is 5.43. The smallest absolute Gasteiger partial charge is 0.267 e. The minimum Gasteiger partial charge on any atom is -0.321 e. The minimum atomic E-state index is -3.62. The Kier molecular flexibility index (Phi) is 6.16. The fraction of sp³-hybridized carbons (Fsp3) is 0.263. The number of thiazole rings is 1. The number of carbonyl (C=O) groups excluding carboxylic acids is 1. The summed E-state index contributed by atoms with van der Waals surface area (Å²) < 4.78 is 26.8. The molecule has 1 aromatic carbocycles. The van der Waals surface area contributed by atoms with Gasteiger partial charge in [-0.15, -0.1) is 22.7 Å². The molecule has 3 aromatic rings. The van der Waals surface area contributed by atoms with Crippen LogP contribution in [0.2, 0.25) is 4.34 Å². The number of hydrogen-bond donors (Lipinski definition) is 1. The average Bonchev–Trinajstić information content (AvgIpc) is 3.24. The molecule has 0 bridgehead atoms. The van der Waals surface area contributed by atoms with Gasteiger partial charge in [0.2, 0.25) is 10.0 Å². The van der Waals surface area contributed by atoms with E-state index in [1.54, 1.807) is 19.1 Å². The van der Waals surface area contributed by atoms with Crippen molar-refractivity contribution in [2.75, 3.05) is 19.4 Å². The van der Waals surface area contributed by atoms with Crippen LogP contribution in [0.5, 0.6) is 0 Å². The molecule has 154 valence electrons. The van der Waals surface area contributed by atoms with Crippen molar-refractivity contribution >= 4 is 55.9 Å². The van der Waals surface area contributed by atoms with Crippen LogP contribution in [-0.2, 0) is 10.0 Å². The second-order valence-electron chi connectivity index (χ2n) is 6.69. The highest BCUT2D eigenvalue weighted by Crippen LogP contribution is 2.35. The highest BCUT2D eigenvalue weighted by atomic mass is 35.5. The van der Waals surface area contributed by atoms with Crippen molar-refractivity contribution in [2.24, 2.45) is 0 Å². The molecular weight excluding hydrogens is 450 g/mol. The van der Waals surface area contributed by atoms with E-state index >= 15 is 0 Å². The maximum absolute atomic E-state index is 12.9. The highest BCUT2D eigenvalue weighted by Gasteiger charge is 2.22. The Morgan fingerprint density at radius 2 is 1.83 bits per heavy atom. The summed E-state index contributed by atoms with van der Waals surface area (Å²) in [5, 5.41) is 3.58. The van der Waals surface area contributed by atoms with Crippen molar-refractivity contribution in [1.82, 2.24) is 9.29 Å². The number of halogens is 1. The van der Waals surface area contributed by atoms with E-state index in [9.17, 15) is 13.2 Å². The summed E-state index contributed by atoms with van der Waals surface area (Å²) in [5.74, 6) is -0.323. The molecule has 1 N–H and O–H groups in total. The van der Waals surface area contributed by atoms with Crippen molar-refractivity contribution in [2.45, 2.75) is 25.7 Å². The van der Waals surface area contributed by atoms with Gasteiger partial charge in [0.05, 0.1) is 19.8 Å². The summed E-state index contributed by atoms with van der Waals surface area (Å²) in [6.07, 6.45) is 0. The lowest BCUT2D eigenvalue weighted by Crippen LogP contribution is -2.23. The minimum absolute atomic E-state index is 0.135. The van der Waals surface area contributed by atoms with E-state index in [2.05, 4.69) is 10.3 Å². The number of amides is 1. The fourth-order valence-corrected chi connectivity index (χ4v) is 5.71. The third kappa shape index (κ3) is 4.39. The molecule has 1 amide bonds. The lowest BCUT2D eigenvalue weighted by molar-refractivity contribution is 0.102. The molecule has 2 aromatic heterocycles. The zero-order valence-electron chi connectivity index (χ0n) is 16.5. The Hall–Kier alpha value is -1.78. The monoisotopic (exact) mass is 469 g/mol. The molecule has 0 unspecified atom stereocenters. The Labute approximate surface area is 183 Å². The molecule has 0 atom stereocenters. The summed E-state index contributed by atoms with van der Waals surface area (Å²) in [4.78, 5) is 18.9. The number of thiophene rings is 1. The molecule has 0 radical (unpaired) electrons. The Bertz CT molecular complexity index is 1200. The quantitative estimate of drug-likeness (QED) is 0.573. The van der Waals surface area contributed by atoms with Crippen molar-refractivity contribution in [1.29, 1.82) is 0 Å². The van der Waals surface area contributed by atoms with Gasteiger partial charge in [-0.05, 0) is 56.2 Å². The maximum Gasteiger partial charge on any atom is 0.267 e. The van der Waals surface area contributed by atoms with E-state index in [0.717, 1.165) is 25.3 Å². The number of nitrogens with one attached hydrogen (secondary N) is 1. The Balaban J connectivity index is 1.95. The molecule has 0 saturated carbocycles. The van der Waals surface area contributed by atoms with Crippen LogP contribution in [0, 0.1) is 20.8 Å². The molecule has 2 heterocycles. The number of nitrogens with zero attached hydrogens (tertiary/aromatic N) is 2. The van der Waals surface area contributed by atoms with Gasteiger partial charge in [-0.1, -0.05) is 11.6 Å². The second kappa shape index (κ2) is 8.16. The van der Waals surface area contributed by atoms with E-state index in [0.29, 0.717) is 20.6 Å². The average molecular weight is 470 g/mol. The van der Waals surface area contributed by atoms with E-state index in [-0.39, 0.29) is 10.8 Å². The molecular formula is C19H20ClN3O3S3. The van der Waals surface area contributed by atoms with Crippen molar-refractivity contribution in [3.8, 4) is 9.88 Å². The number of aryl methyl sites for hydroxylation is 2. The Morgan fingerprint density at radius 3 is 2.41 bits per heavy atom. The summed E-state index contributed by atoms with van der Waals surface area (Å²) in [7, 11) is -0.668. The second-order valence-corrected chi connectivity index (χ2v) is 11.6. The molecule has 10 heteroatoms. The number of rotatable bonds is 5. The van der Waals surface area contributed by atoms with Gasteiger partial charge in [-0.3, -0.25) is 4.79 Å². The van der Waals surface area contributed by atoms with E-state index < -0.39 is 10.0 Å². The molecule has 0 aliphatic rings. The van der Waals surface area contributed by atoms with Crippen LogP contribution in [0.3, 0.4) is 0 Å². The van der Waals surface area contributed by atoms with Crippen LogP contribution < -0.4 is 5.32 Å². The van der Waals surface area contributed by atoms with E-state index in [4.69, 9.17) is 11.6 Å². The molecule has 0 fully saturated rings. The standard InChI is InChI=1S/C19H20ClN3O3S3/c1-10-8-13(29(25,26)23(4)5)9-14(11(10)2)22-18(24)17-12(3)21-19(28-17)15-6-7-16(20)27-15/h6-9H,1-5H3,(H,22,24). The third-order valence-corrected chi connectivity index (χ3v) is 8.80. The summed E-state index contributed by atoms with van der Waals surface area (Å²) in [6, 6.07) is 6.76. The number of aromatic nitrogens is 1. The van der Waals surface area contributed by atoms with Gasteiger partial charge in [-0.2, -0.15) is 0 Å². The fourth-order valence-electron chi connectivity index (χ4n) is 2.64. The van der Waals surface area contributed by atoms with Crippen LogP contribution in [0.1, 0.15) is 26.5 Å². The molecule has 0 aliphatic carbocycles. The predicted octanol–water partition coefficient (Wildman–Crippen LogP) is 4.95. The largest absolute Gasteiger partial charge is 0.321 e. The third-order valence-electron chi connectivity index (χ3n) is 4.45. The van der Waals surface area contributed by atoms with Crippen molar-refractivity contribution < 1.29 is 13.2 Å². The first-order chi connectivity index (χ1) is 13.5. The van der Waals surface area contributed by atoms with Gasteiger partial charge in [0.15, 0.2) is 0 Å². The number of anilines is 1. The molecule has 29 heavy (non-hydrogen) atoms. The van der Waals surface area contributed by atoms with Crippen LogP contribution in [0.25, 0.3) is 9.88 Å². The van der Waals surface area contributed by atoms with Gasteiger partial charge < -0.3 is 5.32 Å². The van der Waals surface area contributed by atoms with Gasteiger partial charge in [0.1, 0.15) is 9.88 Å². The van der Waals surface area contributed by atoms with Gasteiger partial charge in [0, 0.05) is 19.8 Å². The molecule has 0 spiro atoms. The SMILES string of the molecule is Cc1cc(S(=O)(=O)N(C)C)cc(NC(=O)c2sc(-c3ccc(Cl)s3)nc2C)c1C. The van der Waals surface area contributed by atoms with E-state index in [1.807, 2.05) is 19.9 Å². The molecule has 0 aliphatic heterocycles. The van der Waals surface area contributed by atoms with Crippen LogP contribution in [0.15, 0.2) is 29.2 Å². The maximum atomic E-state index is 12.9. The van der Waals surface area contributed by atoms with Crippen LogP contribution in [-0.4, -0.2) is 37.7 Å². The first-order valence-corrected chi connectivity index (χ1v) is 12.0. The first-order valence-electron chi connectivity index (χ1n) is 8.59. The number of carbonyl (C=O) groups is 1. The molecule has 0 saturated heterocycles. The predicted molar refractivity (Wildman–Crippen MR) is 120 cm³/mol. The highest BCUT2D eigenvalue weighted by molar-refractivity contribution is 7.89. The Morgan fingerprint density at radius 1 is 1.14 bits per heavy atom. The van der Waals surface area contributed by atoms with Crippen molar-refractivity contribution in [3.63, 3.8) is 0 Å². The first kappa shape index (κ1) is 21.9. The van der Waals surface area contributed by atoms with Gasteiger partial charge in [0.25, 0.3) is 5.91 Å². The summed E-state index contributed by atoms with van der Waals surface area (Å²) >= 11 is 8.68. The molecule has 6 nitrogen and oxygen atoms in total.